The normalized spacial score (nSPS) is 14.4. The van der Waals surface area contributed by atoms with Crippen molar-refractivity contribution in [3.8, 4) is 22.3 Å². The molecular weight excluding hydrogens is 516 g/mol. The molecule has 1 saturated heterocycles. The molecule has 0 bridgehead atoms. The van der Waals surface area contributed by atoms with Crippen LogP contribution in [0.25, 0.3) is 22.3 Å². The van der Waals surface area contributed by atoms with Crippen LogP contribution in [0.5, 0.6) is 0 Å². The predicted molar refractivity (Wildman–Crippen MR) is 146 cm³/mol. The summed E-state index contributed by atoms with van der Waals surface area (Å²) in [7, 11) is 0. The molecule has 1 aliphatic rings. The van der Waals surface area contributed by atoms with Gasteiger partial charge in [-0.2, -0.15) is 5.48 Å². The second kappa shape index (κ2) is 12.0. The molecule has 1 unspecified atom stereocenters. The number of nitrogens with one attached hydrogen (secondary N) is 1. The van der Waals surface area contributed by atoms with Crippen LogP contribution in [0.4, 0.5) is 14.7 Å². The Bertz CT molecular complexity index is 1410. The van der Waals surface area contributed by atoms with Gasteiger partial charge in [-0.25, -0.2) is 23.5 Å². The Morgan fingerprint density at radius 3 is 1.85 bits per heavy atom. The van der Waals surface area contributed by atoms with E-state index in [4.69, 9.17) is 4.84 Å². The summed E-state index contributed by atoms with van der Waals surface area (Å²) in [6.45, 7) is 4.29. The number of piperazine rings is 1. The SMILES string of the molecule is CC(C(=O)NOC(=O)c1cc(-c2ccc(F)cc2)cc(-c2ccc(F)cc2)c1)N1CCN(c2ncccn2)CC1. The average molecular weight is 544 g/mol. The molecule has 10 heteroatoms. The Balaban J connectivity index is 1.26. The number of carbonyl (C=O) groups is 2. The monoisotopic (exact) mass is 543 g/mol. The predicted octanol–water partition coefficient (Wildman–Crippen LogP) is 4.49. The lowest BCUT2D eigenvalue weighted by Crippen LogP contribution is -2.54. The summed E-state index contributed by atoms with van der Waals surface area (Å²) in [6, 6.07) is 17.9. The molecule has 2 heterocycles. The van der Waals surface area contributed by atoms with Gasteiger partial charge in [0.05, 0.1) is 11.6 Å². The van der Waals surface area contributed by atoms with Crippen LogP contribution in [0.3, 0.4) is 0 Å². The zero-order chi connectivity index (χ0) is 28.1. The maximum Gasteiger partial charge on any atom is 0.362 e. The molecular formula is C30H27F2N5O3. The van der Waals surface area contributed by atoms with Crippen LogP contribution in [0.2, 0.25) is 0 Å². The molecule has 1 atom stereocenters. The minimum Gasteiger partial charge on any atom is -0.338 e. The van der Waals surface area contributed by atoms with Crippen LogP contribution in [-0.2, 0) is 9.63 Å². The van der Waals surface area contributed by atoms with Crippen LogP contribution in [-0.4, -0.2) is 59.0 Å². The number of benzene rings is 3. The van der Waals surface area contributed by atoms with Gasteiger partial charge in [-0.3, -0.25) is 9.69 Å². The third-order valence-corrected chi connectivity index (χ3v) is 6.84. The number of halogens is 2. The zero-order valence-electron chi connectivity index (χ0n) is 21.8. The number of rotatable bonds is 6. The van der Waals surface area contributed by atoms with E-state index in [9.17, 15) is 18.4 Å². The Labute approximate surface area is 230 Å². The summed E-state index contributed by atoms with van der Waals surface area (Å²) in [5.74, 6) is -1.34. The summed E-state index contributed by atoms with van der Waals surface area (Å²) < 4.78 is 27.0. The molecule has 0 spiro atoms. The van der Waals surface area contributed by atoms with Crippen molar-refractivity contribution in [2.75, 3.05) is 31.1 Å². The van der Waals surface area contributed by atoms with Gasteiger partial charge in [-0.15, -0.1) is 0 Å². The third kappa shape index (κ3) is 6.29. The molecule has 1 aliphatic heterocycles. The van der Waals surface area contributed by atoms with E-state index in [2.05, 4.69) is 15.4 Å². The van der Waals surface area contributed by atoms with Crippen molar-refractivity contribution in [1.82, 2.24) is 20.3 Å². The van der Waals surface area contributed by atoms with Crippen molar-refractivity contribution in [1.29, 1.82) is 0 Å². The summed E-state index contributed by atoms with van der Waals surface area (Å²) in [5, 5.41) is 0. The summed E-state index contributed by atoms with van der Waals surface area (Å²) in [6.07, 6.45) is 3.38. The van der Waals surface area contributed by atoms with Gasteiger partial charge in [0.15, 0.2) is 0 Å². The van der Waals surface area contributed by atoms with Crippen molar-refractivity contribution in [3.05, 3.63) is 102 Å². The largest absolute Gasteiger partial charge is 0.362 e. The van der Waals surface area contributed by atoms with Crippen LogP contribution in [0.15, 0.2) is 85.2 Å². The lowest BCUT2D eigenvalue weighted by atomic mass is 9.96. The van der Waals surface area contributed by atoms with E-state index in [1.165, 1.54) is 24.3 Å². The van der Waals surface area contributed by atoms with Crippen molar-refractivity contribution >= 4 is 17.8 Å². The van der Waals surface area contributed by atoms with Gasteiger partial charge in [-0.05, 0) is 77.7 Å². The number of hydroxylamine groups is 1. The highest BCUT2D eigenvalue weighted by molar-refractivity contribution is 5.94. The molecule has 1 fully saturated rings. The lowest BCUT2D eigenvalue weighted by Gasteiger charge is -2.37. The van der Waals surface area contributed by atoms with Gasteiger partial charge in [-0.1, -0.05) is 24.3 Å². The van der Waals surface area contributed by atoms with E-state index in [1.807, 2.05) is 15.9 Å². The molecule has 1 aromatic heterocycles. The van der Waals surface area contributed by atoms with Crippen molar-refractivity contribution in [3.63, 3.8) is 0 Å². The van der Waals surface area contributed by atoms with Crippen LogP contribution < -0.4 is 10.4 Å². The Kier molecular flexibility index (Phi) is 8.07. The molecule has 40 heavy (non-hydrogen) atoms. The quantitative estimate of drug-likeness (QED) is 0.359. The van der Waals surface area contributed by atoms with Gasteiger partial charge in [0.1, 0.15) is 11.6 Å². The van der Waals surface area contributed by atoms with E-state index in [0.717, 1.165) is 0 Å². The molecule has 1 amide bonds. The summed E-state index contributed by atoms with van der Waals surface area (Å²) in [5.41, 5.74) is 5.08. The topological polar surface area (TPSA) is 87.7 Å². The van der Waals surface area contributed by atoms with Gasteiger partial charge in [0, 0.05) is 38.6 Å². The van der Waals surface area contributed by atoms with Crippen LogP contribution in [0.1, 0.15) is 17.3 Å². The minimum atomic E-state index is -0.765. The standard InChI is InChI=1S/C30H27F2N5O3/c1-20(36-13-15-37(16-14-36)30-33-11-2-12-34-30)28(38)35-40-29(39)25-18-23(21-3-7-26(31)8-4-21)17-24(19-25)22-5-9-27(32)10-6-22/h2-12,17-20H,13-16H2,1H3,(H,35,38). The number of carbonyl (C=O) groups excluding carboxylic acids is 2. The Morgan fingerprint density at radius 2 is 1.32 bits per heavy atom. The number of hydrogen-bond donors (Lipinski definition) is 1. The fourth-order valence-corrected chi connectivity index (χ4v) is 4.53. The van der Waals surface area contributed by atoms with Gasteiger partial charge >= 0.3 is 5.97 Å². The molecule has 0 aliphatic carbocycles. The average Bonchev–Trinajstić information content (AvgIpc) is 3.00. The van der Waals surface area contributed by atoms with Gasteiger partial charge < -0.3 is 9.74 Å². The fourth-order valence-electron chi connectivity index (χ4n) is 4.53. The minimum absolute atomic E-state index is 0.172. The molecule has 0 radical (unpaired) electrons. The molecule has 204 valence electrons. The molecule has 3 aromatic carbocycles. The van der Waals surface area contributed by atoms with Crippen LogP contribution in [0, 0.1) is 11.6 Å². The van der Waals surface area contributed by atoms with Crippen molar-refractivity contribution in [2.45, 2.75) is 13.0 Å². The first kappa shape index (κ1) is 26.9. The summed E-state index contributed by atoms with van der Waals surface area (Å²) in [4.78, 5) is 43.6. The van der Waals surface area contributed by atoms with E-state index >= 15 is 0 Å². The number of anilines is 1. The highest BCUT2D eigenvalue weighted by Crippen LogP contribution is 2.29. The highest BCUT2D eigenvalue weighted by Gasteiger charge is 2.27. The van der Waals surface area contributed by atoms with E-state index in [0.29, 0.717) is 54.4 Å². The Morgan fingerprint density at radius 1 is 0.800 bits per heavy atom. The lowest BCUT2D eigenvalue weighted by molar-refractivity contribution is -0.135. The van der Waals surface area contributed by atoms with Crippen molar-refractivity contribution < 1.29 is 23.2 Å². The fraction of sp³-hybridized carbons (Fsp3) is 0.200. The third-order valence-electron chi connectivity index (χ3n) is 6.84. The second-order valence-electron chi connectivity index (χ2n) is 9.42. The first-order valence-corrected chi connectivity index (χ1v) is 12.8. The molecule has 0 saturated carbocycles. The first-order valence-electron chi connectivity index (χ1n) is 12.8. The van der Waals surface area contributed by atoms with Crippen LogP contribution >= 0.6 is 0 Å². The van der Waals surface area contributed by atoms with E-state index in [-0.39, 0.29) is 17.2 Å². The maximum absolute atomic E-state index is 13.5. The van der Waals surface area contributed by atoms with E-state index < -0.39 is 17.9 Å². The van der Waals surface area contributed by atoms with E-state index in [1.54, 1.807) is 61.8 Å². The number of hydrogen-bond acceptors (Lipinski definition) is 7. The Hall–Kier alpha value is -4.70. The molecule has 1 N–H and O–H groups in total. The second-order valence-corrected chi connectivity index (χ2v) is 9.42. The van der Waals surface area contributed by atoms with Gasteiger partial charge in [0.25, 0.3) is 5.91 Å². The molecule has 5 rings (SSSR count). The van der Waals surface area contributed by atoms with Crippen molar-refractivity contribution in [2.24, 2.45) is 0 Å². The molecule has 4 aromatic rings. The smallest absolute Gasteiger partial charge is 0.338 e. The number of nitrogens with zero attached hydrogens (tertiary/aromatic N) is 4. The highest BCUT2D eigenvalue weighted by atomic mass is 19.1. The summed E-state index contributed by atoms with van der Waals surface area (Å²) >= 11 is 0. The maximum atomic E-state index is 13.5. The zero-order valence-corrected chi connectivity index (χ0v) is 21.8. The number of amides is 1. The number of aromatic nitrogens is 2. The first-order chi connectivity index (χ1) is 19.4. The van der Waals surface area contributed by atoms with Gasteiger partial charge in [0.2, 0.25) is 5.95 Å². The molecule has 8 nitrogen and oxygen atoms in total.